The fourth-order valence-corrected chi connectivity index (χ4v) is 5.06. The summed E-state index contributed by atoms with van der Waals surface area (Å²) in [6.45, 7) is 3.98. The molecule has 5 rings (SSSR count). The zero-order chi connectivity index (χ0) is 35.1. The van der Waals surface area contributed by atoms with Crippen molar-refractivity contribution in [1.82, 2.24) is 15.2 Å². The van der Waals surface area contributed by atoms with Gasteiger partial charge in [-0.3, -0.25) is 19.3 Å². The van der Waals surface area contributed by atoms with E-state index in [0.717, 1.165) is 0 Å². The highest BCUT2D eigenvalue weighted by atomic mass is 16.6. The van der Waals surface area contributed by atoms with Gasteiger partial charge in [-0.05, 0) is 44.0 Å². The van der Waals surface area contributed by atoms with E-state index in [4.69, 9.17) is 14.2 Å². The molecule has 3 aromatic carbocycles. The normalized spacial score (nSPS) is 14.7. The lowest BCUT2D eigenvalue weighted by Crippen LogP contribution is -2.55. The van der Waals surface area contributed by atoms with E-state index in [0.29, 0.717) is 21.0 Å². The van der Waals surface area contributed by atoms with Crippen LogP contribution >= 0.6 is 0 Å². The Balaban J connectivity index is 1.47. The van der Waals surface area contributed by atoms with Crippen molar-refractivity contribution >= 4 is 42.0 Å². The molecule has 0 radical (unpaired) electrons. The van der Waals surface area contributed by atoms with Crippen LogP contribution in [0.5, 0.6) is 0 Å². The molecule has 0 bridgehead atoms. The number of amides is 4. The van der Waals surface area contributed by atoms with Crippen molar-refractivity contribution < 1.29 is 43.0 Å². The largest absolute Gasteiger partial charge is 0.457 e. The lowest BCUT2D eigenvalue weighted by Gasteiger charge is -2.32. The first kappa shape index (κ1) is 34.2. The molecule has 3 aromatic rings. The highest BCUT2D eigenvalue weighted by molar-refractivity contribution is 6.23. The van der Waals surface area contributed by atoms with Gasteiger partial charge in [-0.2, -0.15) is 10.1 Å². The third-order valence-corrected chi connectivity index (χ3v) is 7.33. The standard InChI is InChI=1S/C36H34N4O9/c1-36(2,3)49-34(45)29-27(33(44)47-21-23-12-6-4-7-13-23)18-19-38-40(29)32(43)28(20-37-35(46)48-22-24-14-8-5-9-15-24)39-30(41)25-16-10-11-17-26(25)31(39)42/h4-17,19,28H,18,20-22H2,1-3H3,(H,37,46). The first-order valence-electron chi connectivity index (χ1n) is 15.4. The molecule has 13 heteroatoms. The van der Waals surface area contributed by atoms with Crippen LogP contribution in [0.15, 0.2) is 101 Å². The maximum Gasteiger partial charge on any atom is 0.407 e. The molecule has 2 aliphatic rings. The van der Waals surface area contributed by atoms with Crippen molar-refractivity contribution in [2.45, 2.75) is 52.0 Å². The minimum Gasteiger partial charge on any atom is -0.457 e. The molecule has 0 fully saturated rings. The number of nitrogens with zero attached hydrogens (tertiary/aromatic N) is 3. The second kappa shape index (κ2) is 14.8. The maximum atomic E-state index is 14.4. The molecule has 13 nitrogen and oxygen atoms in total. The number of alkyl carbamates (subject to hydrolysis) is 1. The fourth-order valence-electron chi connectivity index (χ4n) is 5.06. The summed E-state index contributed by atoms with van der Waals surface area (Å²) in [5.74, 6) is -4.66. The summed E-state index contributed by atoms with van der Waals surface area (Å²) < 4.78 is 16.3. The highest BCUT2D eigenvalue weighted by Crippen LogP contribution is 2.29. The van der Waals surface area contributed by atoms with Gasteiger partial charge >= 0.3 is 18.0 Å². The minimum atomic E-state index is -1.73. The molecule has 2 aliphatic heterocycles. The molecule has 0 aromatic heterocycles. The van der Waals surface area contributed by atoms with E-state index in [9.17, 15) is 28.8 Å². The van der Waals surface area contributed by atoms with Gasteiger partial charge < -0.3 is 19.5 Å². The van der Waals surface area contributed by atoms with Crippen LogP contribution < -0.4 is 5.32 Å². The van der Waals surface area contributed by atoms with Gasteiger partial charge in [0, 0.05) is 12.6 Å². The zero-order valence-corrected chi connectivity index (χ0v) is 27.1. The second-order valence-corrected chi connectivity index (χ2v) is 12.0. The molecule has 0 spiro atoms. The van der Waals surface area contributed by atoms with Crippen LogP contribution in [0.3, 0.4) is 0 Å². The number of rotatable bonds is 10. The SMILES string of the molecule is CC(C)(C)OC(=O)C1=C(C(=O)OCc2ccccc2)CC=NN1C(=O)C(CNC(=O)OCc1ccccc1)N1C(=O)c2ccccc2C1=O. The van der Waals surface area contributed by atoms with Crippen LogP contribution in [-0.4, -0.2) is 70.1 Å². The van der Waals surface area contributed by atoms with Crippen LogP contribution in [0.25, 0.3) is 0 Å². The molecule has 49 heavy (non-hydrogen) atoms. The Hall–Kier alpha value is -6.11. The smallest absolute Gasteiger partial charge is 0.407 e. The number of esters is 2. The Morgan fingerprint density at radius 1 is 0.776 bits per heavy atom. The van der Waals surface area contributed by atoms with Crippen LogP contribution in [0.1, 0.15) is 59.0 Å². The lowest BCUT2D eigenvalue weighted by atomic mass is 10.1. The molecule has 1 N–H and O–H groups in total. The van der Waals surface area contributed by atoms with Gasteiger partial charge in [0.05, 0.1) is 23.2 Å². The number of carbonyl (C=O) groups is 6. The Labute approximate surface area is 282 Å². The van der Waals surface area contributed by atoms with Gasteiger partial charge in [0.25, 0.3) is 17.7 Å². The summed E-state index contributed by atoms with van der Waals surface area (Å²) in [5.41, 5.74) is -0.348. The predicted octanol–water partition coefficient (Wildman–Crippen LogP) is 4.13. The first-order chi connectivity index (χ1) is 23.4. The molecule has 1 unspecified atom stereocenters. The molecule has 0 aliphatic carbocycles. The number of hydrogen-bond acceptors (Lipinski definition) is 10. The zero-order valence-electron chi connectivity index (χ0n) is 27.1. The summed E-state index contributed by atoms with van der Waals surface area (Å²) >= 11 is 0. The van der Waals surface area contributed by atoms with Gasteiger partial charge in [0.1, 0.15) is 24.9 Å². The minimum absolute atomic E-state index is 0.0483. The molecule has 2 heterocycles. The van der Waals surface area contributed by atoms with Gasteiger partial charge in [-0.1, -0.05) is 72.8 Å². The Morgan fingerprint density at radius 2 is 1.31 bits per heavy atom. The first-order valence-corrected chi connectivity index (χ1v) is 15.4. The number of hydrogen-bond donors (Lipinski definition) is 1. The molecule has 1 atom stereocenters. The van der Waals surface area contributed by atoms with E-state index in [-0.39, 0.29) is 36.3 Å². The number of carbonyl (C=O) groups excluding carboxylic acids is 6. The molecule has 252 valence electrons. The van der Waals surface area contributed by atoms with Crippen molar-refractivity contribution in [2.24, 2.45) is 5.10 Å². The highest BCUT2D eigenvalue weighted by Gasteiger charge is 2.47. The second-order valence-electron chi connectivity index (χ2n) is 12.0. The van der Waals surface area contributed by atoms with Crippen LogP contribution in [-0.2, 0) is 41.8 Å². The fraction of sp³-hybridized carbons (Fsp3) is 0.250. The van der Waals surface area contributed by atoms with Crippen LogP contribution in [0, 0.1) is 0 Å². The average molecular weight is 667 g/mol. The van der Waals surface area contributed by atoms with Crippen molar-refractivity contribution in [1.29, 1.82) is 0 Å². The van der Waals surface area contributed by atoms with Crippen molar-refractivity contribution in [3.8, 4) is 0 Å². The van der Waals surface area contributed by atoms with E-state index in [1.807, 2.05) is 0 Å². The molecule has 0 saturated carbocycles. The van der Waals surface area contributed by atoms with E-state index >= 15 is 0 Å². The van der Waals surface area contributed by atoms with Crippen LogP contribution in [0.2, 0.25) is 0 Å². The number of hydrazone groups is 1. The van der Waals surface area contributed by atoms with E-state index in [1.165, 1.54) is 18.3 Å². The van der Waals surface area contributed by atoms with Gasteiger partial charge in [-0.15, -0.1) is 0 Å². The Kier molecular flexibility index (Phi) is 10.3. The predicted molar refractivity (Wildman–Crippen MR) is 174 cm³/mol. The Bertz CT molecular complexity index is 1800. The van der Waals surface area contributed by atoms with Gasteiger partial charge in [0.2, 0.25) is 0 Å². The number of imide groups is 1. The molecule has 0 saturated heterocycles. The summed E-state index contributed by atoms with van der Waals surface area (Å²) in [6.07, 6.45) is 0.0908. The van der Waals surface area contributed by atoms with Crippen LogP contribution in [0.4, 0.5) is 4.79 Å². The van der Waals surface area contributed by atoms with E-state index in [2.05, 4.69) is 10.4 Å². The monoisotopic (exact) mass is 666 g/mol. The number of ether oxygens (including phenoxy) is 3. The molecular formula is C36H34N4O9. The number of nitrogens with one attached hydrogen (secondary N) is 1. The third-order valence-electron chi connectivity index (χ3n) is 7.33. The quantitative estimate of drug-likeness (QED) is 0.191. The maximum absolute atomic E-state index is 14.4. The summed E-state index contributed by atoms with van der Waals surface area (Å²) in [6, 6.07) is 22.0. The number of benzene rings is 3. The summed E-state index contributed by atoms with van der Waals surface area (Å²) in [7, 11) is 0. The molecular weight excluding hydrogens is 632 g/mol. The number of fused-ring (bicyclic) bond motifs is 1. The van der Waals surface area contributed by atoms with E-state index < -0.39 is 59.6 Å². The van der Waals surface area contributed by atoms with Crippen molar-refractivity contribution in [2.75, 3.05) is 6.54 Å². The summed E-state index contributed by atoms with van der Waals surface area (Å²) in [4.78, 5) is 82.1. The van der Waals surface area contributed by atoms with Gasteiger partial charge in [0.15, 0.2) is 5.70 Å². The summed E-state index contributed by atoms with van der Waals surface area (Å²) in [5, 5.41) is 7.16. The lowest BCUT2D eigenvalue weighted by molar-refractivity contribution is -0.155. The van der Waals surface area contributed by atoms with Crippen molar-refractivity contribution in [3.05, 3.63) is 118 Å². The van der Waals surface area contributed by atoms with E-state index in [1.54, 1.807) is 93.6 Å². The molecule has 4 amide bonds. The third kappa shape index (κ3) is 8.07. The average Bonchev–Trinajstić information content (AvgIpc) is 3.35. The van der Waals surface area contributed by atoms with Crippen molar-refractivity contribution in [3.63, 3.8) is 0 Å². The topological polar surface area (TPSA) is 161 Å². The van der Waals surface area contributed by atoms with Gasteiger partial charge in [-0.25, -0.2) is 14.4 Å². The Morgan fingerprint density at radius 3 is 1.86 bits per heavy atom.